The van der Waals surface area contributed by atoms with Gasteiger partial charge in [-0.05, 0) is 13.3 Å². The van der Waals surface area contributed by atoms with E-state index >= 15 is 0 Å². The SMILES string of the molecule is CCCCCOC(=O)[C@H](C)N. The van der Waals surface area contributed by atoms with E-state index in [4.69, 9.17) is 10.5 Å². The Labute approximate surface area is 67.9 Å². The fraction of sp³-hybridized carbons (Fsp3) is 0.875. The van der Waals surface area contributed by atoms with Gasteiger partial charge in [0.2, 0.25) is 0 Å². The number of esters is 1. The van der Waals surface area contributed by atoms with E-state index in [-0.39, 0.29) is 5.97 Å². The number of hydrogen-bond donors (Lipinski definition) is 1. The van der Waals surface area contributed by atoms with E-state index in [9.17, 15) is 4.79 Å². The zero-order chi connectivity index (χ0) is 8.69. The van der Waals surface area contributed by atoms with E-state index < -0.39 is 6.04 Å². The Morgan fingerprint density at radius 1 is 1.55 bits per heavy atom. The van der Waals surface area contributed by atoms with Gasteiger partial charge in [0.15, 0.2) is 0 Å². The molecule has 0 amide bonds. The van der Waals surface area contributed by atoms with Crippen molar-refractivity contribution in [2.45, 2.75) is 39.2 Å². The highest BCUT2D eigenvalue weighted by atomic mass is 16.5. The highest BCUT2D eigenvalue weighted by Gasteiger charge is 2.06. The van der Waals surface area contributed by atoms with Gasteiger partial charge in [-0.2, -0.15) is 0 Å². The van der Waals surface area contributed by atoms with Crippen molar-refractivity contribution in [1.82, 2.24) is 0 Å². The van der Waals surface area contributed by atoms with Crippen LogP contribution in [0.2, 0.25) is 0 Å². The molecule has 0 rings (SSSR count). The zero-order valence-corrected chi connectivity index (χ0v) is 7.30. The van der Waals surface area contributed by atoms with Crippen LogP contribution in [0, 0.1) is 0 Å². The van der Waals surface area contributed by atoms with Gasteiger partial charge in [0.1, 0.15) is 6.04 Å². The maximum absolute atomic E-state index is 10.8. The Morgan fingerprint density at radius 3 is 2.64 bits per heavy atom. The van der Waals surface area contributed by atoms with Crippen molar-refractivity contribution in [2.75, 3.05) is 6.61 Å². The summed E-state index contributed by atoms with van der Waals surface area (Å²) >= 11 is 0. The van der Waals surface area contributed by atoms with E-state index in [1.807, 2.05) is 0 Å². The first kappa shape index (κ1) is 10.4. The lowest BCUT2D eigenvalue weighted by atomic mass is 10.3. The van der Waals surface area contributed by atoms with Gasteiger partial charge < -0.3 is 10.5 Å². The molecule has 0 aliphatic carbocycles. The Morgan fingerprint density at radius 2 is 2.18 bits per heavy atom. The summed E-state index contributed by atoms with van der Waals surface area (Å²) in [5.41, 5.74) is 5.28. The molecule has 0 fully saturated rings. The minimum atomic E-state index is -0.489. The average Bonchev–Trinajstić information content (AvgIpc) is 1.97. The maximum atomic E-state index is 10.8. The van der Waals surface area contributed by atoms with Gasteiger partial charge in [-0.15, -0.1) is 0 Å². The molecular formula is C8H17NO2. The number of rotatable bonds is 5. The van der Waals surface area contributed by atoms with E-state index in [1.54, 1.807) is 6.92 Å². The number of unbranched alkanes of at least 4 members (excludes halogenated alkanes) is 2. The minimum Gasteiger partial charge on any atom is -0.465 e. The molecular weight excluding hydrogens is 142 g/mol. The predicted octanol–water partition coefficient (Wildman–Crippen LogP) is 1.07. The van der Waals surface area contributed by atoms with Crippen LogP contribution >= 0.6 is 0 Å². The molecule has 1 atom stereocenters. The molecule has 0 unspecified atom stereocenters. The summed E-state index contributed by atoms with van der Waals surface area (Å²) in [7, 11) is 0. The molecule has 0 saturated heterocycles. The third-order valence-electron chi connectivity index (χ3n) is 1.36. The summed E-state index contributed by atoms with van der Waals surface area (Å²) < 4.78 is 4.84. The summed E-state index contributed by atoms with van der Waals surface area (Å²) in [5, 5.41) is 0. The van der Waals surface area contributed by atoms with E-state index in [1.165, 1.54) is 0 Å². The second-order valence-corrected chi connectivity index (χ2v) is 2.66. The minimum absolute atomic E-state index is 0.305. The van der Waals surface area contributed by atoms with Gasteiger partial charge in [0, 0.05) is 0 Å². The first-order valence-corrected chi connectivity index (χ1v) is 4.10. The van der Waals surface area contributed by atoms with Crippen LogP contribution in [-0.4, -0.2) is 18.6 Å². The normalized spacial score (nSPS) is 12.6. The molecule has 0 bridgehead atoms. The Bertz CT molecular complexity index is 113. The van der Waals surface area contributed by atoms with Crippen LogP contribution in [0.25, 0.3) is 0 Å². The van der Waals surface area contributed by atoms with Gasteiger partial charge in [0.05, 0.1) is 6.61 Å². The molecule has 0 heterocycles. The van der Waals surface area contributed by atoms with Crippen molar-refractivity contribution in [3.63, 3.8) is 0 Å². The van der Waals surface area contributed by atoms with Gasteiger partial charge in [-0.1, -0.05) is 19.8 Å². The van der Waals surface area contributed by atoms with Crippen molar-refractivity contribution in [1.29, 1.82) is 0 Å². The molecule has 0 radical (unpaired) electrons. The highest BCUT2D eigenvalue weighted by molar-refractivity contribution is 5.74. The fourth-order valence-electron chi connectivity index (χ4n) is 0.656. The standard InChI is InChI=1S/C8H17NO2/c1-3-4-5-6-11-8(10)7(2)9/h7H,3-6,9H2,1-2H3/t7-/m0/s1. The molecule has 0 aliphatic rings. The Kier molecular flexibility index (Phi) is 5.84. The molecule has 66 valence electrons. The van der Waals surface area contributed by atoms with Crippen LogP contribution in [0.3, 0.4) is 0 Å². The molecule has 0 aromatic heterocycles. The number of ether oxygens (including phenoxy) is 1. The second kappa shape index (κ2) is 6.16. The third kappa shape index (κ3) is 5.85. The van der Waals surface area contributed by atoms with Crippen LogP contribution in [0.5, 0.6) is 0 Å². The summed E-state index contributed by atoms with van der Waals surface area (Å²) in [5.74, 6) is -0.305. The molecule has 0 aromatic rings. The fourth-order valence-corrected chi connectivity index (χ4v) is 0.656. The van der Waals surface area contributed by atoms with Gasteiger partial charge in [-0.3, -0.25) is 4.79 Å². The van der Waals surface area contributed by atoms with E-state index in [0.29, 0.717) is 6.61 Å². The van der Waals surface area contributed by atoms with Gasteiger partial charge in [-0.25, -0.2) is 0 Å². The van der Waals surface area contributed by atoms with Crippen molar-refractivity contribution >= 4 is 5.97 Å². The molecule has 3 heteroatoms. The zero-order valence-electron chi connectivity index (χ0n) is 7.30. The average molecular weight is 159 g/mol. The summed E-state index contributed by atoms with van der Waals surface area (Å²) in [4.78, 5) is 10.8. The number of hydrogen-bond acceptors (Lipinski definition) is 3. The lowest BCUT2D eigenvalue weighted by molar-refractivity contribution is -0.144. The van der Waals surface area contributed by atoms with Crippen LogP contribution in [-0.2, 0) is 9.53 Å². The monoisotopic (exact) mass is 159 g/mol. The highest BCUT2D eigenvalue weighted by Crippen LogP contribution is 1.94. The Balaban J connectivity index is 3.18. The molecule has 3 nitrogen and oxygen atoms in total. The van der Waals surface area contributed by atoms with E-state index in [0.717, 1.165) is 19.3 Å². The number of carbonyl (C=O) groups is 1. The largest absolute Gasteiger partial charge is 0.465 e. The van der Waals surface area contributed by atoms with Gasteiger partial charge in [0.25, 0.3) is 0 Å². The van der Waals surface area contributed by atoms with Crippen molar-refractivity contribution < 1.29 is 9.53 Å². The second-order valence-electron chi connectivity index (χ2n) is 2.66. The lowest BCUT2D eigenvalue weighted by Crippen LogP contribution is -2.28. The van der Waals surface area contributed by atoms with Crippen LogP contribution in [0.1, 0.15) is 33.1 Å². The number of carbonyl (C=O) groups excluding carboxylic acids is 1. The predicted molar refractivity (Wildman–Crippen MR) is 44.1 cm³/mol. The van der Waals surface area contributed by atoms with Gasteiger partial charge >= 0.3 is 5.97 Å². The quantitative estimate of drug-likeness (QED) is 0.482. The van der Waals surface area contributed by atoms with E-state index in [2.05, 4.69) is 6.92 Å². The number of nitrogens with two attached hydrogens (primary N) is 1. The molecule has 0 aromatic carbocycles. The van der Waals surface area contributed by atoms with Crippen LogP contribution in [0.4, 0.5) is 0 Å². The first-order valence-electron chi connectivity index (χ1n) is 4.10. The molecule has 0 saturated carbocycles. The first-order chi connectivity index (χ1) is 5.18. The Hall–Kier alpha value is -0.570. The molecule has 0 aliphatic heterocycles. The van der Waals surface area contributed by atoms with Crippen molar-refractivity contribution in [3.8, 4) is 0 Å². The topological polar surface area (TPSA) is 52.3 Å². The lowest BCUT2D eigenvalue weighted by Gasteiger charge is -2.05. The molecule has 11 heavy (non-hydrogen) atoms. The summed E-state index contributed by atoms with van der Waals surface area (Å²) in [6.45, 7) is 4.24. The van der Waals surface area contributed by atoms with Crippen LogP contribution < -0.4 is 5.73 Å². The maximum Gasteiger partial charge on any atom is 0.322 e. The molecule has 2 N–H and O–H groups in total. The summed E-state index contributed by atoms with van der Waals surface area (Å²) in [6.07, 6.45) is 3.18. The molecule has 0 spiro atoms. The van der Waals surface area contributed by atoms with Crippen LogP contribution in [0.15, 0.2) is 0 Å². The summed E-state index contributed by atoms with van der Waals surface area (Å²) in [6, 6.07) is -0.489. The third-order valence-corrected chi connectivity index (χ3v) is 1.36. The van der Waals surface area contributed by atoms with Crippen molar-refractivity contribution in [3.05, 3.63) is 0 Å². The smallest absolute Gasteiger partial charge is 0.322 e. The van der Waals surface area contributed by atoms with Crippen molar-refractivity contribution in [2.24, 2.45) is 5.73 Å².